The molecule has 1 aromatic carbocycles. The molecule has 2 rings (SSSR count). The van der Waals surface area contributed by atoms with Crippen LogP contribution in [0.25, 0.3) is 0 Å². The number of hydrogen-bond donors (Lipinski definition) is 1. The van der Waals surface area contributed by atoms with Gasteiger partial charge in [0.2, 0.25) is 10.0 Å². The van der Waals surface area contributed by atoms with Crippen molar-refractivity contribution in [2.75, 3.05) is 13.1 Å². The molecule has 88 valence electrons. The van der Waals surface area contributed by atoms with Gasteiger partial charge >= 0.3 is 0 Å². The van der Waals surface area contributed by atoms with E-state index in [4.69, 9.17) is 5.73 Å². The zero-order valence-corrected chi connectivity index (χ0v) is 10.3. The molecule has 16 heavy (non-hydrogen) atoms. The predicted molar refractivity (Wildman–Crippen MR) is 62.5 cm³/mol. The van der Waals surface area contributed by atoms with Gasteiger partial charge in [-0.05, 0) is 31.5 Å². The molecule has 1 aromatic rings. The average Bonchev–Trinajstić information content (AvgIpc) is 2.14. The van der Waals surface area contributed by atoms with E-state index in [1.54, 1.807) is 18.2 Å². The summed E-state index contributed by atoms with van der Waals surface area (Å²) in [4.78, 5) is 0.350. The molecule has 0 aliphatic carbocycles. The number of nitrogens with zero attached hydrogens (tertiary/aromatic N) is 1. The lowest BCUT2D eigenvalue weighted by Gasteiger charge is -2.44. The molecule has 1 heterocycles. The molecule has 0 atom stereocenters. The van der Waals surface area contributed by atoms with Gasteiger partial charge in [-0.1, -0.05) is 12.1 Å². The minimum absolute atomic E-state index is 0.350. The van der Waals surface area contributed by atoms with Gasteiger partial charge in [0.15, 0.2) is 0 Å². The SMILES string of the molecule is Cc1cccc(S(=O)(=O)N2CC(C)(N)C2)c1. The molecule has 1 aliphatic rings. The van der Waals surface area contributed by atoms with Crippen LogP contribution >= 0.6 is 0 Å². The number of benzene rings is 1. The van der Waals surface area contributed by atoms with Crippen LogP contribution in [-0.4, -0.2) is 31.4 Å². The Morgan fingerprint density at radius 1 is 1.38 bits per heavy atom. The standard InChI is InChI=1S/C11H16N2O2S/c1-9-4-3-5-10(6-9)16(14,15)13-7-11(2,12)8-13/h3-6H,7-8,12H2,1-2H3. The van der Waals surface area contributed by atoms with Crippen molar-refractivity contribution in [3.8, 4) is 0 Å². The molecular formula is C11H16N2O2S. The van der Waals surface area contributed by atoms with Crippen molar-refractivity contribution in [2.24, 2.45) is 5.73 Å². The van der Waals surface area contributed by atoms with E-state index in [9.17, 15) is 8.42 Å². The fraction of sp³-hybridized carbons (Fsp3) is 0.455. The summed E-state index contributed by atoms with van der Waals surface area (Å²) in [6.07, 6.45) is 0. The van der Waals surface area contributed by atoms with Crippen LogP contribution in [0.4, 0.5) is 0 Å². The summed E-state index contributed by atoms with van der Waals surface area (Å²) in [7, 11) is -3.34. The van der Waals surface area contributed by atoms with Crippen molar-refractivity contribution >= 4 is 10.0 Å². The highest BCUT2D eigenvalue weighted by Gasteiger charge is 2.42. The van der Waals surface area contributed by atoms with Crippen molar-refractivity contribution < 1.29 is 8.42 Å². The Morgan fingerprint density at radius 2 is 2.00 bits per heavy atom. The van der Waals surface area contributed by atoms with E-state index in [0.29, 0.717) is 18.0 Å². The third-order valence-corrected chi connectivity index (χ3v) is 4.49. The molecular weight excluding hydrogens is 224 g/mol. The zero-order chi connectivity index (χ0) is 12.0. The van der Waals surface area contributed by atoms with Crippen LogP contribution in [0.15, 0.2) is 29.2 Å². The highest BCUT2D eigenvalue weighted by Crippen LogP contribution is 2.26. The monoisotopic (exact) mass is 240 g/mol. The first-order chi connectivity index (χ1) is 7.31. The van der Waals surface area contributed by atoms with E-state index in [0.717, 1.165) is 5.56 Å². The molecule has 1 fully saturated rings. The number of nitrogens with two attached hydrogens (primary N) is 1. The predicted octanol–water partition coefficient (Wildman–Crippen LogP) is 0.717. The molecule has 0 amide bonds. The maximum atomic E-state index is 12.1. The number of sulfonamides is 1. The first kappa shape index (κ1) is 11.6. The molecule has 0 unspecified atom stereocenters. The van der Waals surface area contributed by atoms with Crippen molar-refractivity contribution in [2.45, 2.75) is 24.3 Å². The van der Waals surface area contributed by atoms with Crippen LogP contribution in [0, 0.1) is 6.92 Å². The Labute approximate surface area is 96.1 Å². The van der Waals surface area contributed by atoms with E-state index in [1.807, 2.05) is 19.9 Å². The molecule has 0 saturated carbocycles. The molecule has 0 spiro atoms. The summed E-state index contributed by atoms with van der Waals surface area (Å²) in [6, 6.07) is 6.93. The fourth-order valence-electron chi connectivity index (χ4n) is 1.85. The lowest BCUT2D eigenvalue weighted by atomic mass is 9.97. The smallest absolute Gasteiger partial charge is 0.243 e. The Morgan fingerprint density at radius 3 is 2.50 bits per heavy atom. The summed E-state index contributed by atoms with van der Waals surface area (Å²) >= 11 is 0. The molecule has 4 nitrogen and oxygen atoms in total. The molecule has 0 radical (unpaired) electrons. The van der Waals surface area contributed by atoms with Crippen molar-refractivity contribution in [3.63, 3.8) is 0 Å². The molecule has 0 bridgehead atoms. The highest BCUT2D eigenvalue weighted by molar-refractivity contribution is 7.89. The van der Waals surface area contributed by atoms with Gasteiger partial charge in [-0.2, -0.15) is 4.31 Å². The van der Waals surface area contributed by atoms with Crippen LogP contribution in [-0.2, 0) is 10.0 Å². The van der Waals surface area contributed by atoms with Crippen LogP contribution in [0.3, 0.4) is 0 Å². The van der Waals surface area contributed by atoms with Gasteiger partial charge in [0.05, 0.1) is 4.90 Å². The van der Waals surface area contributed by atoms with Crippen LogP contribution in [0.5, 0.6) is 0 Å². The van der Waals surface area contributed by atoms with E-state index in [1.165, 1.54) is 4.31 Å². The van der Waals surface area contributed by atoms with Gasteiger partial charge < -0.3 is 5.73 Å². The minimum atomic E-state index is -3.34. The summed E-state index contributed by atoms with van der Waals surface area (Å²) in [6.45, 7) is 4.52. The normalized spacial score (nSPS) is 20.4. The topological polar surface area (TPSA) is 63.4 Å². The van der Waals surface area contributed by atoms with Crippen molar-refractivity contribution in [1.82, 2.24) is 4.31 Å². The lowest BCUT2D eigenvalue weighted by molar-refractivity contribution is 0.176. The Bertz CT molecular complexity index is 500. The highest BCUT2D eigenvalue weighted by atomic mass is 32.2. The molecule has 0 aromatic heterocycles. The fourth-order valence-corrected chi connectivity index (χ4v) is 3.67. The lowest BCUT2D eigenvalue weighted by Crippen LogP contribution is -2.66. The van der Waals surface area contributed by atoms with E-state index in [2.05, 4.69) is 0 Å². The second-order valence-corrected chi connectivity index (χ2v) is 6.68. The van der Waals surface area contributed by atoms with Gasteiger partial charge in [0, 0.05) is 18.6 Å². The van der Waals surface area contributed by atoms with Crippen molar-refractivity contribution in [3.05, 3.63) is 29.8 Å². The Balaban J connectivity index is 2.28. The van der Waals surface area contributed by atoms with Crippen LogP contribution in [0.2, 0.25) is 0 Å². The Kier molecular flexibility index (Phi) is 2.57. The second-order valence-electron chi connectivity index (χ2n) is 4.74. The van der Waals surface area contributed by atoms with Gasteiger partial charge in [-0.25, -0.2) is 8.42 Å². The number of rotatable bonds is 2. The Hall–Kier alpha value is -0.910. The van der Waals surface area contributed by atoms with E-state index < -0.39 is 10.0 Å². The quantitative estimate of drug-likeness (QED) is 0.828. The summed E-state index contributed by atoms with van der Waals surface area (Å²) in [5.74, 6) is 0. The second kappa shape index (κ2) is 3.55. The molecule has 2 N–H and O–H groups in total. The average molecular weight is 240 g/mol. The van der Waals surface area contributed by atoms with Crippen LogP contribution in [0.1, 0.15) is 12.5 Å². The van der Waals surface area contributed by atoms with Gasteiger partial charge in [-0.3, -0.25) is 0 Å². The molecule has 5 heteroatoms. The first-order valence-corrected chi connectivity index (χ1v) is 6.61. The minimum Gasteiger partial charge on any atom is -0.323 e. The summed E-state index contributed by atoms with van der Waals surface area (Å²) in [5, 5.41) is 0. The maximum absolute atomic E-state index is 12.1. The third-order valence-electron chi connectivity index (χ3n) is 2.70. The number of hydrogen-bond acceptors (Lipinski definition) is 3. The van der Waals surface area contributed by atoms with Gasteiger partial charge in [0.1, 0.15) is 0 Å². The molecule has 1 saturated heterocycles. The zero-order valence-electron chi connectivity index (χ0n) is 9.47. The van der Waals surface area contributed by atoms with E-state index in [-0.39, 0.29) is 5.54 Å². The van der Waals surface area contributed by atoms with Crippen LogP contribution < -0.4 is 5.73 Å². The molecule has 1 aliphatic heterocycles. The number of aryl methyl sites for hydroxylation is 1. The van der Waals surface area contributed by atoms with Gasteiger partial charge in [0.25, 0.3) is 0 Å². The van der Waals surface area contributed by atoms with E-state index >= 15 is 0 Å². The summed E-state index contributed by atoms with van der Waals surface area (Å²) in [5.41, 5.74) is 6.37. The largest absolute Gasteiger partial charge is 0.323 e. The third kappa shape index (κ3) is 1.98. The first-order valence-electron chi connectivity index (χ1n) is 5.17. The summed E-state index contributed by atoms with van der Waals surface area (Å²) < 4.78 is 25.7. The maximum Gasteiger partial charge on any atom is 0.243 e. The van der Waals surface area contributed by atoms with Gasteiger partial charge in [-0.15, -0.1) is 0 Å². The van der Waals surface area contributed by atoms with Crippen molar-refractivity contribution in [1.29, 1.82) is 0 Å².